The third kappa shape index (κ3) is 2.88. The molecule has 2 atom stereocenters. The second-order valence-corrected chi connectivity index (χ2v) is 5.58. The van der Waals surface area contributed by atoms with Crippen LogP contribution in [0, 0.1) is 5.82 Å². The maximum atomic E-state index is 13.4. The summed E-state index contributed by atoms with van der Waals surface area (Å²) in [6.45, 7) is 0.557. The van der Waals surface area contributed by atoms with E-state index in [9.17, 15) is 4.39 Å². The van der Waals surface area contributed by atoms with E-state index in [1.165, 1.54) is 12.1 Å². The van der Waals surface area contributed by atoms with E-state index in [1.54, 1.807) is 6.07 Å². The topological polar surface area (TPSA) is 47.3 Å². The average Bonchev–Trinajstić information content (AvgIpc) is 2.92. The Morgan fingerprint density at radius 1 is 1.33 bits per heavy atom. The van der Waals surface area contributed by atoms with Gasteiger partial charge < -0.3 is 4.74 Å². The molecule has 3 nitrogen and oxygen atoms in total. The van der Waals surface area contributed by atoms with Crippen LogP contribution in [0.3, 0.4) is 0 Å². The maximum Gasteiger partial charge on any atom is 0.123 e. The minimum absolute atomic E-state index is 0.0760. The van der Waals surface area contributed by atoms with Gasteiger partial charge in [-0.25, -0.2) is 4.39 Å². The molecule has 0 fully saturated rings. The lowest BCUT2D eigenvalue weighted by Crippen LogP contribution is -2.42. The van der Waals surface area contributed by atoms with Gasteiger partial charge in [0.15, 0.2) is 0 Å². The van der Waals surface area contributed by atoms with Crippen LogP contribution in [0.5, 0.6) is 5.75 Å². The molecular formula is C16H16ClFN2O. The van der Waals surface area contributed by atoms with Crippen molar-refractivity contribution in [2.75, 3.05) is 6.61 Å². The van der Waals surface area contributed by atoms with Crippen molar-refractivity contribution in [3.05, 3.63) is 64.4 Å². The molecule has 21 heavy (non-hydrogen) atoms. The summed E-state index contributed by atoms with van der Waals surface area (Å²) in [6.07, 6.45) is 0.537. The van der Waals surface area contributed by atoms with Crippen molar-refractivity contribution in [1.29, 1.82) is 0 Å². The molecule has 0 aliphatic carbocycles. The van der Waals surface area contributed by atoms with Gasteiger partial charge in [0.05, 0.1) is 6.61 Å². The van der Waals surface area contributed by atoms with Gasteiger partial charge in [-0.05, 0) is 36.2 Å². The van der Waals surface area contributed by atoms with E-state index in [-0.39, 0.29) is 17.8 Å². The Balaban J connectivity index is 1.85. The zero-order valence-electron chi connectivity index (χ0n) is 11.4. The van der Waals surface area contributed by atoms with Crippen LogP contribution in [-0.4, -0.2) is 12.6 Å². The second-order valence-electron chi connectivity index (χ2n) is 5.17. The van der Waals surface area contributed by atoms with Gasteiger partial charge in [0.2, 0.25) is 0 Å². The number of halogens is 2. The monoisotopic (exact) mass is 306 g/mol. The molecule has 0 bridgehead atoms. The Kier molecular flexibility index (Phi) is 4.10. The number of ether oxygens (including phenoxy) is 1. The molecule has 0 radical (unpaired) electrons. The van der Waals surface area contributed by atoms with Crippen molar-refractivity contribution in [1.82, 2.24) is 5.43 Å². The molecule has 1 aliphatic rings. The van der Waals surface area contributed by atoms with Crippen LogP contribution in [0.4, 0.5) is 4.39 Å². The van der Waals surface area contributed by atoms with Gasteiger partial charge in [-0.3, -0.25) is 11.3 Å². The summed E-state index contributed by atoms with van der Waals surface area (Å²) in [6, 6.07) is 12.2. The summed E-state index contributed by atoms with van der Waals surface area (Å²) in [5, 5.41) is 0.545. The minimum Gasteiger partial charge on any atom is -0.493 e. The summed E-state index contributed by atoms with van der Waals surface area (Å²) in [5.41, 5.74) is 4.68. The van der Waals surface area contributed by atoms with Gasteiger partial charge in [0.1, 0.15) is 11.6 Å². The van der Waals surface area contributed by atoms with E-state index in [0.717, 1.165) is 16.9 Å². The Bertz CT molecular complexity index is 650. The molecule has 1 heterocycles. The van der Waals surface area contributed by atoms with E-state index in [0.29, 0.717) is 18.1 Å². The van der Waals surface area contributed by atoms with Crippen molar-refractivity contribution in [2.45, 2.75) is 18.4 Å². The first-order valence-electron chi connectivity index (χ1n) is 6.81. The average molecular weight is 307 g/mol. The minimum atomic E-state index is -0.298. The first-order chi connectivity index (χ1) is 10.2. The number of hydrogen-bond donors (Lipinski definition) is 2. The number of rotatable bonds is 4. The molecule has 2 aromatic carbocycles. The number of fused-ring (bicyclic) bond motifs is 1. The van der Waals surface area contributed by atoms with Gasteiger partial charge in [0.25, 0.3) is 0 Å². The van der Waals surface area contributed by atoms with E-state index < -0.39 is 0 Å². The number of hydrazine groups is 1. The molecule has 110 valence electrons. The summed E-state index contributed by atoms with van der Waals surface area (Å²) < 4.78 is 19.1. The SMILES string of the molecule is NNC(Cc1cc(F)ccc1Cl)C1COc2ccccc21. The molecule has 2 aromatic rings. The molecule has 1 aliphatic heterocycles. The first kappa shape index (κ1) is 14.3. The quantitative estimate of drug-likeness (QED) is 0.674. The molecule has 0 spiro atoms. The molecular weight excluding hydrogens is 291 g/mol. The largest absolute Gasteiger partial charge is 0.493 e. The number of para-hydroxylation sites is 1. The van der Waals surface area contributed by atoms with Crippen LogP contribution in [0.25, 0.3) is 0 Å². The van der Waals surface area contributed by atoms with E-state index in [1.807, 2.05) is 24.3 Å². The van der Waals surface area contributed by atoms with Gasteiger partial charge in [0, 0.05) is 22.5 Å². The fraction of sp³-hybridized carbons (Fsp3) is 0.250. The van der Waals surface area contributed by atoms with Crippen molar-refractivity contribution in [2.24, 2.45) is 5.84 Å². The predicted octanol–water partition coefficient (Wildman–Crippen LogP) is 3.03. The predicted molar refractivity (Wildman–Crippen MR) is 80.9 cm³/mol. The van der Waals surface area contributed by atoms with Crippen LogP contribution < -0.4 is 16.0 Å². The Morgan fingerprint density at radius 3 is 2.95 bits per heavy atom. The van der Waals surface area contributed by atoms with E-state index >= 15 is 0 Å². The van der Waals surface area contributed by atoms with Crippen molar-refractivity contribution in [3.8, 4) is 5.75 Å². The highest BCUT2D eigenvalue weighted by Gasteiger charge is 2.31. The standard InChI is InChI=1S/C16H16ClFN2O/c17-14-6-5-11(18)7-10(14)8-15(20-19)13-9-21-16-4-2-1-3-12(13)16/h1-7,13,15,20H,8-9,19H2. The van der Waals surface area contributed by atoms with Gasteiger partial charge in [-0.1, -0.05) is 29.8 Å². The molecule has 0 amide bonds. The molecule has 0 saturated carbocycles. The Labute approximate surface area is 127 Å². The van der Waals surface area contributed by atoms with Crippen LogP contribution in [0.15, 0.2) is 42.5 Å². The molecule has 2 unspecified atom stereocenters. The zero-order valence-corrected chi connectivity index (χ0v) is 12.1. The Hall–Kier alpha value is -1.62. The molecule has 0 aromatic heterocycles. The number of nitrogens with one attached hydrogen (secondary N) is 1. The molecule has 3 N–H and O–H groups in total. The highest BCUT2D eigenvalue weighted by atomic mass is 35.5. The fourth-order valence-corrected chi connectivity index (χ4v) is 2.97. The third-order valence-electron chi connectivity index (χ3n) is 3.88. The number of nitrogens with two attached hydrogens (primary N) is 1. The van der Waals surface area contributed by atoms with Crippen molar-refractivity contribution in [3.63, 3.8) is 0 Å². The lowest BCUT2D eigenvalue weighted by molar-refractivity contribution is 0.297. The maximum absolute atomic E-state index is 13.4. The highest BCUT2D eigenvalue weighted by Crippen LogP contribution is 2.36. The van der Waals surface area contributed by atoms with Crippen LogP contribution in [0.2, 0.25) is 5.02 Å². The molecule has 5 heteroatoms. The van der Waals surface area contributed by atoms with Gasteiger partial charge in [-0.15, -0.1) is 0 Å². The first-order valence-corrected chi connectivity index (χ1v) is 7.18. The lowest BCUT2D eigenvalue weighted by atomic mass is 9.89. The van der Waals surface area contributed by atoms with Gasteiger partial charge in [-0.2, -0.15) is 0 Å². The fourth-order valence-electron chi connectivity index (χ4n) is 2.77. The number of benzene rings is 2. The summed E-state index contributed by atoms with van der Waals surface area (Å²) in [7, 11) is 0. The summed E-state index contributed by atoms with van der Waals surface area (Å²) >= 11 is 6.14. The lowest BCUT2D eigenvalue weighted by Gasteiger charge is -2.22. The van der Waals surface area contributed by atoms with Crippen molar-refractivity contribution >= 4 is 11.6 Å². The summed E-state index contributed by atoms with van der Waals surface area (Å²) in [5.74, 6) is 6.40. The van der Waals surface area contributed by atoms with Crippen LogP contribution >= 0.6 is 11.6 Å². The van der Waals surface area contributed by atoms with Crippen molar-refractivity contribution < 1.29 is 9.13 Å². The van der Waals surface area contributed by atoms with Crippen LogP contribution in [-0.2, 0) is 6.42 Å². The smallest absolute Gasteiger partial charge is 0.123 e. The molecule has 3 rings (SSSR count). The van der Waals surface area contributed by atoms with Crippen LogP contribution in [0.1, 0.15) is 17.0 Å². The second kappa shape index (κ2) is 6.02. The zero-order chi connectivity index (χ0) is 14.8. The van der Waals surface area contributed by atoms with E-state index in [4.69, 9.17) is 22.2 Å². The highest BCUT2D eigenvalue weighted by molar-refractivity contribution is 6.31. The Morgan fingerprint density at radius 2 is 2.14 bits per heavy atom. The molecule has 0 saturated heterocycles. The third-order valence-corrected chi connectivity index (χ3v) is 4.25. The summed E-state index contributed by atoms with van der Waals surface area (Å²) in [4.78, 5) is 0. The number of hydrogen-bond acceptors (Lipinski definition) is 3. The van der Waals surface area contributed by atoms with E-state index in [2.05, 4.69) is 5.43 Å². The van der Waals surface area contributed by atoms with Gasteiger partial charge >= 0.3 is 0 Å². The normalized spacial score (nSPS) is 18.1.